The van der Waals surface area contributed by atoms with Crippen molar-refractivity contribution in [2.24, 2.45) is 0 Å². The number of rotatable bonds is 2. The Morgan fingerprint density at radius 2 is 2.06 bits per heavy atom. The molecule has 0 saturated carbocycles. The second-order valence-corrected chi connectivity index (χ2v) is 5.92. The van der Waals surface area contributed by atoms with E-state index in [1.54, 1.807) is 11.3 Å². The van der Waals surface area contributed by atoms with Crippen molar-refractivity contribution in [3.8, 4) is 0 Å². The lowest BCUT2D eigenvalue weighted by Crippen LogP contribution is -2.10. The molecule has 0 atom stereocenters. The molecule has 2 rings (SSSR count). The first-order valence-corrected chi connectivity index (χ1v) is 6.41. The molecule has 2 N–H and O–H groups in total. The molecule has 16 heavy (non-hydrogen) atoms. The third-order valence-corrected chi connectivity index (χ3v) is 4.05. The summed E-state index contributed by atoms with van der Waals surface area (Å²) in [6.07, 6.45) is 0. The number of hydrogen-bond acceptors (Lipinski definition) is 4. The normalized spacial score (nSPS) is 10.4. The fraction of sp³-hybridized carbons (Fsp3) is 0.182. The zero-order valence-electron chi connectivity index (χ0n) is 9.07. The van der Waals surface area contributed by atoms with Crippen LogP contribution in [0.4, 0.5) is 16.5 Å². The maximum Gasteiger partial charge on any atom is 0.133 e. The van der Waals surface area contributed by atoms with Crippen LogP contribution in [-0.4, -0.2) is 12.0 Å². The Labute approximate surface area is 107 Å². The maximum absolute atomic E-state index is 5.75. The van der Waals surface area contributed by atoms with Gasteiger partial charge >= 0.3 is 0 Å². The molecular weight excluding hydrogens is 286 g/mol. The van der Waals surface area contributed by atoms with Crippen molar-refractivity contribution in [1.82, 2.24) is 4.98 Å². The van der Waals surface area contributed by atoms with E-state index in [0.717, 1.165) is 26.0 Å². The topological polar surface area (TPSA) is 42.2 Å². The molecule has 5 heteroatoms. The van der Waals surface area contributed by atoms with Crippen molar-refractivity contribution in [1.29, 1.82) is 0 Å². The number of nitrogen functional groups attached to an aromatic ring is 1. The van der Waals surface area contributed by atoms with Crippen LogP contribution in [0.3, 0.4) is 0 Å². The van der Waals surface area contributed by atoms with Gasteiger partial charge in [-0.15, -0.1) is 11.3 Å². The van der Waals surface area contributed by atoms with E-state index in [4.69, 9.17) is 5.73 Å². The minimum Gasteiger partial charge on any atom is -0.397 e. The summed E-state index contributed by atoms with van der Waals surface area (Å²) in [7, 11) is 2.00. The number of halogens is 1. The van der Waals surface area contributed by atoms with Gasteiger partial charge in [0.1, 0.15) is 5.82 Å². The highest BCUT2D eigenvalue weighted by atomic mass is 79.9. The van der Waals surface area contributed by atoms with Gasteiger partial charge in [-0.2, -0.15) is 0 Å². The standard InChI is InChI=1S/C11H12BrN3S/c1-7-8(13)3-5-10(14-7)15(2)11-6-4-9(12)16-11/h3-6H,13H2,1-2H3. The average molecular weight is 298 g/mol. The van der Waals surface area contributed by atoms with Crippen LogP contribution in [0.1, 0.15) is 5.69 Å². The molecule has 2 aromatic rings. The number of hydrogen-bond donors (Lipinski definition) is 1. The highest BCUT2D eigenvalue weighted by Gasteiger charge is 2.08. The smallest absolute Gasteiger partial charge is 0.133 e. The highest BCUT2D eigenvalue weighted by Crippen LogP contribution is 2.32. The molecule has 84 valence electrons. The summed E-state index contributed by atoms with van der Waals surface area (Å²) in [5.74, 6) is 0.904. The number of aromatic nitrogens is 1. The Morgan fingerprint density at radius 3 is 2.62 bits per heavy atom. The average Bonchev–Trinajstić information content (AvgIpc) is 2.68. The van der Waals surface area contributed by atoms with Crippen molar-refractivity contribution < 1.29 is 0 Å². The third-order valence-electron chi connectivity index (χ3n) is 2.35. The minimum absolute atomic E-state index is 0.726. The largest absolute Gasteiger partial charge is 0.397 e. The molecule has 0 aromatic carbocycles. The molecule has 0 unspecified atom stereocenters. The van der Waals surface area contributed by atoms with Crippen LogP contribution in [-0.2, 0) is 0 Å². The summed E-state index contributed by atoms with van der Waals surface area (Å²) >= 11 is 5.12. The first kappa shape index (κ1) is 11.4. The molecule has 0 aliphatic rings. The minimum atomic E-state index is 0.726. The maximum atomic E-state index is 5.75. The summed E-state index contributed by atoms with van der Waals surface area (Å²) in [5, 5.41) is 1.14. The van der Waals surface area contributed by atoms with E-state index >= 15 is 0 Å². The van der Waals surface area contributed by atoms with Crippen molar-refractivity contribution in [3.63, 3.8) is 0 Å². The van der Waals surface area contributed by atoms with Crippen LogP contribution < -0.4 is 10.6 Å². The number of nitrogens with two attached hydrogens (primary N) is 1. The van der Waals surface area contributed by atoms with Crippen LogP contribution in [0, 0.1) is 6.92 Å². The Kier molecular flexibility index (Phi) is 3.16. The zero-order valence-corrected chi connectivity index (χ0v) is 11.5. The molecule has 0 saturated heterocycles. The summed E-state index contributed by atoms with van der Waals surface area (Å²) in [5.41, 5.74) is 7.33. The van der Waals surface area contributed by atoms with Gasteiger partial charge in [0.15, 0.2) is 0 Å². The highest BCUT2D eigenvalue weighted by molar-refractivity contribution is 9.11. The van der Waals surface area contributed by atoms with E-state index in [-0.39, 0.29) is 0 Å². The molecule has 2 aromatic heterocycles. The van der Waals surface area contributed by atoms with Gasteiger partial charge in [-0.1, -0.05) is 0 Å². The van der Waals surface area contributed by atoms with E-state index in [1.807, 2.05) is 37.1 Å². The monoisotopic (exact) mass is 297 g/mol. The van der Waals surface area contributed by atoms with Gasteiger partial charge in [0, 0.05) is 7.05 Å². The Bertz CT molecular complexity index is 510. The number of pyridine rings is 1. The third kappa shape index (κ3) is 2.20. The van der Waals surface area contributed by atoms with E-state index in [1.165, 1.54) is 0 Å². The van der Waals surface area contributed by atoms with Crippen molar-refractivity contribution in [2.75, 3.05) is 17.7 Å². The van der Waals surface area contributed by atoms with Gasteiger partial charge in [0.05, 0.1) is 20.2 Å². The van der Waals surface area contributed by atoms with Crippen LogP contribution in [0.25, 0.3) is 0 Å². The number of nitrogens with zero attached hydrogens (tertiary/aromatic N) is 2. The molecule has 0 aliphatic carbocycles. The zero-order chi connectivity index (χ0) is 11.7. The van der Waals surface area contributed by atoms with Crippen LogP contribution in [0.15, 0.2) is 28.1 Å². The molecule has 0 aliphatic heterocycles. The van der Waals surface area contributed by atoms with Crippen molar-refractivity contribution in [2.45, 2.75) is 6.92 Å². The van der Waals surface area contributed by atoms with Crippen molar-refractivity contribution >= 4 is 43.8 Å². The van der Waals surface area contributed by atoms with Gasteiger partial charge in [-0.25, -0.2) is 4.98 Å². The van der Waals surface area contributed by atoms with Crippen LogP contribution >= 0.6 is 27.3 Å². The molecule has 0 bridgehead atoms. The van der Waals surface area contributed by atoms with E-state index in [0.29, 0.717) is 0 Å². The van der Waals surface area contributed by atoms with E-state index in [9.17, 15) is 0 Å². The first-order chi connectivity index (χ1) is 7.58. The van der Waals surface area contributed by atoms with Crippen LogP contribution in [0.2, 0.25) is 0 Å². The predicted molar refractivity (Wildman–Crippen MR) is 73.5 cm³/mol. The lowest BCUT2D eigenvalue weighted by molar-refractivity contribution is 1.11. The number of anilines is 3. The first-order valence-electron chi connectivity index (χ1n) is 4.80. The second kappa shape index (κ2) is 4.43. The Hall–Kier alpha value is -1.07. The summed E-state index contributed by atoms with van der Waals surface area (Å²) in [4.78, 5) is 6.49. The Morgan fingerprint density at radius 1 is 1.31 bits per heavy atom. The van der Waals surface area contributed by atoms with Gasteiger partial charge in [0.25, 0.3) is 0 Å². The van der Waals surface area contributed by atoms with Crippen molar-refractivity contribution in [3.05, 3.63) is 33.7 Å². The molecule has 3 nitrogen and oxygen atoms in total. The predicted octanol–water partition coefficient (Wildman–Crippen LogP) is 3.56. The molecule has 0 radical (unpaired) electrons. The Balaban J connectivity index is 2.33. The molecule has 2 heterocycles. The molecule has 0 fully saturated rings. The summed E-state index contributed by atoms with van der Waals surface area (Å²) in [6, 6.07) is 7.90. The number of thiophene rings is 1. The second-order valence-electron chi connectivity index (χ2n) is 3.48. The van der Waals surface area contributed by atoms with E-state index < -0.39 is 0 Å². The fourth-order valence-corrected chi connectivity index (χ4v) is 2.68. The SMILES string of the molecule is Cc1nc(N(C)c2ccc(Br)s2)ccc1N. The molecule has 0 spiro atoms. The van der Waals surface area contributed by atoms with Gasteiger partial charge in [0.2, 0.25) is 0 Å². The van der Waals surface area contributed by atoms with Gasteiger partial charge in [-0.05, 0) is 47.1 Å². The van der Waals surface area contributed by atoms with E-state index in [2.05, 4.69) is 27.0 Å². The van der Waals surface area contributed by atoms with Gasteiger partial charge < -0.3 is 10.6 Å². The van der Waals surface area contributed by atoms with Crippen LogP contribution in [0.5, 0.6) is 0 Å². The molecule has 0 amide bonds. The molecular formula is C11H12BrN3S. The summed E-state index contributed by atoms with van der Waals surface area (Å²) < 4.78 is 1.11. The lowest BCUT2D eigenvalue weighted by Gasteiger charge is -2.16. The summed E-state index contributed by atoms with van der Waals surface area (Å²) in [6.45, 7) is 1.91. The quantitative estimate of drug-likeness (QED) is 0.921. The van der Waals surface area contributed by atoms with Gasteiger partial charge in [-0.3, -0.25) is 0 Å². The fourth-order valence-electron chi connectivity index (χ4n) is 1.34. The number of aryl methyl sites for hydroxylation is 1. The lowest BCUT2D eigenvalue weighted by atomic mass is 10.3.